The number of aliphatic hydroxyl groups excluding tert-OH is 1. The fourth-order valence-electron chi connectivity index (χ4n) is 1.73. The fourth-order valence-corrected chi connectivity index (χ4v) is 1.73. The van der Waals surface area contributed by atoms with Crippen LogP contribution in [0.4, 0.5) is 0 Å². The molecular weight excluding hydrogens is 248 g/mol. The molecule has 1 rings (SSSR count). The summed E-state index contributed by atoms with van der Waals surface area (Å²) in [6.45, 7) is 0.0269. The van der Waals surface area contributed by atoms with Crippen molar-refractivity contribution in [1.82, 2.24) is 5.32 Å². The first-order chi connectivity index (χ1) is 9.08. The van der Waals surface area contributed by atoms with Crippen LogP contribution in [0.3, 0.4) is 0 Å². The second kappa shape index (κ2) is 7.50. The largest absolute Gasteiger partial charge is 0.480 e. The summed E-state index contributed by atoms with van der Waals surface area (Å²) in [7, 11) is 0. The number of hydrogen-bond donors (Lipinski definition) is 4. The molecule has 0 aromatic heterocycles. The van der Waals surface area contributed by atoms with Gasteiger partial charge in [0.15, 0.2) is 0 Å². The lowest BCUT2D eigenvalue weighted by atomic mass is 10.0. The molecule has 1 atom stereocenters. The highest BCUT2D eigenvalue weighted by molar-refractivity contribution is 5.85. The molecule has 0 aliphatic heterocycles. The number of rotatable bonds is 7. The predicted molar refractivity (Wildman–Crippen MR) is 69.3 cm³/mol. The van der Waals surface area contributed by atoms with E-state index < -0.39 is 17.9 Å². The molecular formula is C13H18N2O4. The van der Waals surface area contributed by atoms with Gasteiger partial charge in [0.1, 0.15) is 6.04 Å². The zero-order chi connectivity index (χ0) is 14.3. The number of nitrogens with one attached hydrogen (secondary N) is 1. The van der Waals surface area contributed by atoms with Crippen molar-refractivity contribution in [2.24, 2.45) is 5.73 Å². The smallest absolute Gasteiger partial charge is 0.326 e. The number of aliphatic carboxylic acids is 1. The van der Waals surface area contributed by atoms with E-state index in [-0.39, 0.29) is 19.4 Å². The quantitative estimate of drug-likeness (QED) is 0.538. The number of carboxylic acid groups (broad SMARTS) is 1. The van der Waals surface area contributed by atoms with Gasteiger partial charge >= 0.3 is 5.97 Å². The van der Waals surface area contributed by atoms with E-state index in [1.807, 2.05) is 12.1 Å². The van der Waals surface area contributed by atoms with Gasteiger partial charge in [-0.25, -0.2) is 4.79 Å². The number of nitrogens with two attached hydrogens (primary N) is 1. The minimum Gasteiger partial charge on any atom is -0.480 e. The number of carbonyl (C=O) groups excluding carboxylic acids is 1. The predicted octanol–water partition coefficient (Wildman–Crippen LogP) is -0.360. The molecule has 6 nitrogen and oxygen atoms in total. The molecule has 1 unspecified atom stereocenters. The van der Waals surface area contributed by atoms with Gasteiger partial charge in [0.25, 0.3) is 0 Å². The van der Waals surface area contributed by atoms with E-state index in [4.69, 9.17) is 15.9 Å². The van der Waals surface area contributed by atoms with Crippen LogP contribution in [0.5, 0.6) is 0 Å². The summed E-state index contributed by atoms with van der Waals surface area (Å²) in [6.07, 6.45) is 0.0577. The van der Waals surface area contributed by atoms with E-state index in [0.717, 1.165) is 11.1 Å². The number of carbonyl (C=O) groups is 2. The lowest BCUT2D eigenvalue weighted by Gasteiger charge is -2.14. The SMILES string of the molecule is NCc1ccccc1CC(=O)NC(CCO)C(=O)O. The van der Waals surface area contributed by atoms with E-state index in [0.29, 0.717) is 6.54 Å². The van der Waals surface area contributed by atoms with Crippen molar-refractivity contribution in [2.45, 2.75) is 25.4 Å². The molecule has 0 bridgehead atoms. The summed E-state index contributed by atoms with van der Waals surface area (Å²) in [5.41, 5.74) is 7.19. The summed E-state index contributed by atoms with van der Waals surface area (Å²) in [6, 6.07) is 6.16. The maximum absolute atomic E-state index is 11.8. The minimum absolute atomic E-state index is 0.0143. The Hall–Kier alpha value is -1.92. The maximum Gasteiger partial charge on any atom is 0.326 e. The Morgan fingerprint density at radius 2 is 1.89 bits per heavy atom. The average molecular weight is 266 g/mol. The van der Waals surface area contributed by atoms with Crippen molar-refractivity contribution in [2.75, 3.05) is 6.61 Å². The van der Waals surface area contributed by atoms with Gasteiger partial charge in [-0.3, -0.25) is 4.79 Å². The molecule has 1 amide bonds. The molecule has 19 heavy (non-hydrogen) atoms. The fraction of sp³-hybridized carbons (Fsp3) is 0.385. The Bertz CT molecular complexity index is 448. The van der Waals surface area contributed by atoms with Gasteiger partial charge in [-0.15, -0.1) is 0 Å². The second-order valence-electron chi connectivity index (χ2n) is 4.12. The topological polar surface area (TPSA) is 113 Å². The minimum atomic E-state index is -1.16. The first-order valence-electron chi connectivity index (χ1n) is 5.98. The summed E-state index contributed by atoms with van der Waals surface area (Å²) >= 11 is 0. The molecule has 0 radical (unpaired) electrons. The molecule has 104 valence electrons. The maximum atomic E-state index is 11.8. The van der Waals surface area contributed by atoms with E-state index in [1.54, 1.807) is 12.1 Å². The molecule has 0 saturated carbocycles. The Morgan fingerprint density at radius 3 is 2.42 bits per heavy atom. The third kappa shape index (κ3) is 4.69. The van der Waals surface area contributed by atoms with Crippen LogP contribution < -0.4 is 11.1 Å². The lowest BCUT2D eigenvalue weighted by Crippen LogP contribution is -2.42. The zero-order valence-electron chi connectivity index (χ0n) is 10.5. The first kappa shape index (κ1) is 15.1. The van der Waals surface area contributed by atoms with Gasteiger partial charge in [-0.2, -0.15) is 0 Å². The number of aliphatic hydroxyl groups is 1. The number of benzene rings is 1. The molecule has 5 N–H and O–H groups in total. The molecule has 1 aromatic rings. The van der Waals surface area contributed by atoms with Gasteiger partial charge in [-0.05, 0) is 11.1 Å². The van der Waals surface area contributed by atoms with Gasteiger partial charge in [0.2, 0.25) is 5.91 Å². The van der Waals surface area contributed by atoms with E-state index in [9.17, 15) is 9.59 Å². The first-order valence-corrected chi connectivity index (χ1v) is 5.98. The third-order valence-electron chi connectivity index (χ3n) is 2.74. The van der Waals surface area contributed by atoms with Crippen LogP contribution in [0.2, 0.25) is 0 Å². The monoisotopic (exact) mass is 266 g/mol. The van der Waals surface area contributed by atoms with Crippen LogP contribution in [0, 0.1) is 0 Å². The summed E-state index contributed by atoms with van der Waals surface area (Å²) < 4.78 is 0. The van der Waals surface area contributed by atoms with E-state index in [1.165, 1.54) is 0 Å². The molecule has 0 spiro atoms. The average Bonchev–Trinajstić information content (AvgIpc) is 2.38. The Kier molecular flexibility index (Phi) is 5.98. The molecule has 0 saturated heterocycles. The number of hydrogen-bond acceptors (Lipinski definition) is 4. The van der Waals surface area contributed by atoms with Crippen LogP contribution >= 0.6 is 0 Å². The zero-order valence-corrected chi connectivity index (χ0v) is 10.5. The number of amides is 1. The Labute approximate surface area is 111 Å². The van der Waals surface area contributed by atoms with Crippen molar-refractivity contribution in [3.05, 3.63) is 35.4 Å². The van der Waals surface area contributed by atoms with Crippen molar-refractivity contribution in [3.63, 3.8) is 0 Å². The molecule has 0 heterocycles. The summed E-state index contributed by atoms with van der Waals surface area (Å²) in [5.74, 6) is -1.56. The summed E-state index contributed by atoms with van der Waals surface area (Å²) in [4.78, 5) is 22.6. The van der Waals surface area contributed by atoms with Gasteiger partial charge < -0.3 is 21.3 Å². The summed E-state index contributed by atoms with van der Waals surface area (Å²) in [5, 5.41) is 20.0. The highest BCUT2D eigenvalue weighted by Crippen LogP contribution is 2.08. The van der Waals surface area contributed by atoms with Crippen molar-refractivity contribution in [1.29, 1.82) is 0 Å². The van der Waals surface area contributed by atoms with Crippen LogP contribution in [0.15, 0.2) is 24.3 Å². The van der Waals surface area contributed by atoms with Crippen molar-refractivity contribution >= 4 is 11.9 Å². The lowest BCUT2D eigenvalue weighted by molar-refractivity contribution is -0.142. The normalized spacial score (nSPS) is 11.9. The van der Waals surface area contributed by atoms with Gasteiger partial charge in [-0.1, -0.05) is 24.3 Å². The van der Waals surface area contributed by atoms with Crippen molar-refractivity contribution < 1.29 is 19.8 Å². The second-order valence-corrected chi connectivity index (χ2v) is 4.12. The van der Waals surface area contributed by atoms with E-state index >= 15 is 0 Å². The van der Waals surface area contributed by atoms with Crippen LogP contribution in [-0.2, 0) is 22.6 Å². The highest BCUT2D eigenvalue weighted by Gasteiger charge is 2.19. The third-order valence-corrected chi connectivity index (χ3v) is 2.74. The number of carboxylic acids is 1. The van der Waals surface area contributed by atoms with Gasteiger partial charge in [0.05, 0.1) is 6.42 Å². The molecule has 0 aliphatic rings. The van der Waals surface area contributed by atoms with Gasteiger partial charge in [0, 0.05) is 19.6 Å². The van der Waals surface area contributed by atoms with Crippen LogP contribution in [0.1, 0.15) is 17.5 Å². The van der Waals surface area contributed by atoms with Crippen LogP contribution in [-0.4, -0.2) is 34.7 Å². The molecule has 0 fully saturated rings. The Morgan fingerprint density at radius 1 is 1.26 bits per heavy atom. The van der Waals surface area contributed by atoms with Crippen LogP contribution in [0.25, 0.3) is 0 Å². The molecule has 6 heteroatoms. The molecule has 0 aliphatic carbocycles. The Balaban J connectivity index is 2.66. The molecule has 1 aromatic carbocycles. The van der Waals surface area contributed by atoms with Crippen molar-refractivity contribution in [3.8, 4) is 0 Å². The standard InChI is InChI=1S/C13H18N2O4/c14-8-10-4-2-1-3-9(10)7-12(17)15-11(5-6-16)13(18)19/h1-4,11,16H,5-8,14H2,(H,15,17)(H,18,19). The highest BCUT2D eigenvalue weighted by atomic mass is 16.4. The van der Waals surface area contributed by atoms with E-state index in [2.05, 4.69) is 5.32 Å².